The minimum atomic E-state index is -0.313. The van der Waals surface area contributed by atoms with Crippen molar-refractivity contribution in [1.29, 1.82) is 0 Å². The van der Waals surface area contributed by atoms with E-state index in [1.54, 1.807) is 12.4 Å². The Morgan fingerprint density at radius 2 is 1.91 bits per heavy atom. The molecule has 2 aliphatic rings. The van der Waals surface area contributed by atoms with Crippen molar-refractivity contribution < 1.29 is 4.79 Å². The van der Waals surface area contributed by atoms with Crippen LogP contribution in [0.2, 0.25) is 5.02 Å². The number of amides is 1. The van der Waals surface area contributed by atoms with Crippen LogP contribution in [-0.4, -0.2) is 33.9 Å². The lowest BCUT2D eigenvalue weighted by atomic mass is 9.77. The van der Waals surface area contributed by atoms with Gasteiger partial charge in [0, 0.05) is 11.9 Å². The largest absolute Gasteiger partial charge is 0.369 e. The van der Waals surface area contributed by atoms with E-state index in [9.17, 15) is 4.79 Å². The molecule has 0 radical (unpaired) electrons. The second kappa shape index (κ2) is 9.33. The third-order valence-corrected chi connectivity index (χ3v) is 6.66. The number of aromatic nitrogens is 3. The first-order valence-corrected chi connectivity index (χ1v) is 11.6. The summed E-state index contributed by atoms with van der Waals surface area (Å²) in [6.45, 7) is 1.81. The van der Waals surface area contributed by atoms with Crippen LogP contribution in [-0.2, 0) is 17.6 Å². The van der Waals surface area contributed by atoms with Crippen LogP contribution in [0.4, 0.5) is 23.1 Å². The monoisotopic (exact) mass is 463 g/mol. The van der Waals surface area contributed by atoms with Crippen LogP contribution in [0.25, 0.3) is 0 Å². The van der Waals surface area contributed by atoms with Crippen LogP contribution in [0.15, 0.2) is 42.9 Å². The number of anilines is 4. The second-order valence-electron chi connectivity index (χ2n) is 8.60. The molecular weight excluding hydrogens is 438 g/mol. The summed E-state index contributed by atoms with van der Waals surface area (Å²) in [5.74, 6) is 0.583. The number of piperidine rings is 1. The smallest absolute Gasteiger partial charge is 0.229 e. The standard InChI is InChI=1S/C24H26ClN7O/c25-20-13-29-24-31-18-9-14(11-28-12-18)1-2-16-10-17(30-23(20)32-24)3-4-19(16)21(22(26)33)15-5-7-27-8-6-15/h3-4,9-13,15,21,27H,1-2,5-8H2,(H2,26,33)(H2,29,30,31,32). The Morgan fingerprint density at radius 3 is 2.73 bits per heavy atom. The summed E-state index contributed by atoms with van der Waals surface area (Å²) < 4.78 is 0. The quantitative estimate of drug-likeness (QED) is 0.468. The number of hydrogen-bond acceptors (Lipinski definition) is 7. The van der Waals surface area contributed by atoms with Gasteiger partial charge in [0.15, 0.2) is 5.82 Å². The summed E-state index contributed by atoms with van der Waals surface area (Å²) in [5.41, 5.74) is 10.8. The highest BCUT2D eigenvalue weighted by atomic mass is 35.5. The molecule has 0 aliphatic carbocycles. The zero-order valence-electron chi connectivity index (χ0n) is 18.1. The fourth-order valence-electron chi connectivity index (χ4n) is 4.77. The van der Waals surface area contributed by atoms with Gasteiger partial charge in [0.25, 0.3) is 0 Å². The van der Waals surface area contributed by atoms with E-state index in [4.69, 9.17) is 17.3 Å². The molecule has 1 unspecified atom stereocenters. The van der Waals surface area contributed by atoms with Gasteiger partial charge in [0.1, 0.15) is 5.02 Å². The van der Waals surface area contributed by atoms with E-state index in [0.717, 1.165) is 66.8 Å². The fourth-order valence-corrected chi connectivity index (χ4v) is 4.91. The van der Waals surface area contributed by atoms with Gasteiger partial charge in [-0.2, -0.15) is 4.98 Å². The number of nitrogens with two attached hydrogens (primary N) is 1. The number of carbonyl (C=O) groups is 1. The number of nitrogens with zero attached hydrogens (tertiary/aromatic N) is 3. The number of pyridine rings is 1. The first kappa shape index (κ1) is 21.6. The van der Waals surface area contributed by atoms with E-state index < -0.39 is 0 Å². The van der Waals surface area contributed by atoms with Crippen molar-refractivity contribution in [3.05, 3.63) is 64.6 Å². The van der Waals surface area contributed by atoms with Crippen LogP contribution < -0.4 is 21.7 Å². The van der Waals surface area contributed by atoms with Crippen LogP contribution in [0, 0.1) is 5.92 Å². The molecule has 1 fully saturated rings. The summed E-state index contributed by atoms with van der Waals surface area (Å²) in [4.78, 5) is 25.8. The number of carbonyl (C=O) groups excluding carboxylic acids is 1. The fraction of sp³-hybridized carbons (Fsp3) is 0.333. The molecule has 170 valence electrons. The Hall–Kier alpha value is -3.23. The molecule has 5 rings (SSSR count). The van der Waals surface area contributed by atoms with Crippen LogP contribution in [0.3, 0.4) is 0 Å². The average Bonchev–Trinajstić information content (AvgIpc) is 2.82. The van der Waals surface area contributed by atoms with Gasteiger partial charge < -0.3 is 21.7 Å². The molecule has 8 nitrogen and oxygen atoms in total. The van der Waals surface area contributed by atoms with Gasteiger partial charge in [-0.3, -0.25) is 9.78 Å². The molecule has 6 bridgehead atoms. The maximum absolute atomic E-state index is 12.6. The van der Waals surface area contributed by atoms with E-state index in [-0.39, 0.29) is 17.7 Å². The molecule has 0 spiro atoms. The van der Waals surface area contributed by atoms with E-state index in [1.165, 1.54) is 0 Å². The third kappa shape index (κ3) is 4.77. The first-order valence-electron chi connectivity index (χ1n) is 11.2. The minimum Gasteiger partial charge on any atom is -0.369 e. The van der Waals surface area contributed by atoms with Crippen molar-refractivity contribution in [2.45, 2.75) is 31.6 Å². The number of primary amides is 1. The zero-order chi connectivity index (χ0) is 22.8. The lowest BCUT2D eigenvalue weighted by Crippen LogP contribution is -2.36. The van der Waals surface area contributed by atoms with Crippen LogP contribution >= 0.6 is 11.6 Å². The lowest BCUT2D eigenvalue weighted by molar-refractivity contribution is -0.120. The van der Waals surface area contributed by atoms with Gasteiger partial charge >= 0.3 is 0 Å². The molecule has 9 heteroatoms. The number of benzene rings is 1. The predicted octanol–water partition coefficient (Wildman–Crippen LogP) is 3.68. The van der Waals surface area contributed by atoms with Crippen LogP contribution in [0.5, 0.6) is 0 Å². The topological polar surface area (TPSA) is 118 Å². The highest BCUT2D eigenvalue weighted by Gasteiger charge is 2.31. The normalized spacial score (nSPS) is 16.9. The van der Waals surface area contributed by atoms with Gasteiger partial charge in [-0.1, -0.05) is 17.7 Å². The van der Waals surface area contributed by atoms with Gasteiger partial charge in [-0.05, 0) is 79.6 Å². The van der Waals surface area contributed by atoms with Gasteiger partial charge in [0.2, 0.25) is 11.9 Å². The molecule has 1 saturated heterocycles. The van der Waals surface area contributed by atoms with Crippen molar-refractivity contribution in [1.82, 2.24) is 20.3 Å². The Kier molecular flexibility index (Phi) is 6.11. The molecule has 1 aromatic carbocycles. The summed E-state index contributed by atoms with van der Waals surface area (Å²) in [5, 5.41) is 10.3. The molecule has 5 N–H and O–H groups in total. The molecule has 1 atom stereocenters. The molecular formula is C24H26ClN7O. The van der Waals surface area contributed by atoms with Crippen molar-refractivity contribution in [3.8, 4) is 0 Å². The van der Waals surface area contributed by atoms with Crippen molar-refractivity contribution in [2.24, 2.45) is 11.7 Å². The zero-order valence-corrected chi connectivity index (χ0v) is 18.9. The number of halogens is 1. The summed E-state index contributed by atoms with van der Waals surface area (Å²) in [7, 11) is 0. The summed E-state index contributed by atoms with van der Waals surface area (Å²) >= 11 is 6.36. The third-order valence-electron chi connectivity index (χ3n) is 6.38. The number of fused-ring (bicyclic) bond motifs is 6. The molecule has 2 aromatic heterocycles. The maximum Gasteiger partial charge on any atom is 0.229 e. The predicted molar refractivity (Wildman–Crippen MR) is 129 cm³/mol. The molecule has 0 saturated carbocycles. The Morgan fingerprint density at radius 1 is 1.06 bits per heavy atom. The minimum absolute atomic E-state index is 0.233. The average molecular weight is 464 g/mol. The number of hydrogen-bond donors (Lipinski definition) is 4. The number of aryl methyl sites for hydroxylation is 2. The molecule has 4 heterocycles. The van der Waals surface area contributed by atoms with E-state index >= 15 is 0 Å². The first-order chi connectivity index (χ1) is 16.1. The summed E-state index contributed by atoms with van der Waals surface area (Å²) in [6.07, 6.45) is 8.55. The van der Waals surface area contributed by atoms with Gasteiger partial charge in [0.05, 0.1) is 24.0 Å². The Balaban J connectivity index is 1.59. The molecule has 33 heavy (non-hydrogen) atoms. The lowest BCUT2D eigenvalue weighted by Gasteiger charge is -2.30. The number of rotatable bonds is 3. The maximum atomic E-state index is 12.6. The molecule has 2 aliphatic heterocycles. The molecule has 1 amide bonds. The van der Waals surface area contributed by atoms with Crippen molar-refractivity contribution in [3.63, 3.8) is 0 Å². The van der Waals surface area contributed by atoms with E-state index in [1.807, 2.05) is 24.4 Å². The van der Waals surface area contributed by atoms with E-state index in [0.29, 0.717) is 16.8 Å². The second-order valence-corrected chi connectivity index (χ2v) is 9.01. The highest BCUT2D eigenvalue weighted by molar-refractivity contribution is 6.32. The number of nitrogens with one attached hydrogen (secondary N) is 3. The highest BCUT2D eigenvalue weighted by Crippen LogP contribution is 2.36. The Bertz CT molecular complexity index is 1180. The van der Waals surface area contributed by atoms with Crippen molar-refractivity contribution >= 4 is 40.6 Å². The SMILES string of the molecule is NC(=O)C(c1ccc2cc1CCc1cncc(c1)Nc1ncc(Cl)c(n1)N2)C1CCNCC1. The van der Waals surface area contributed by atoms with Gasteiger partial charge in [-0.25, -0.2) is 4.98 Å². The van der Waals surface area contributed by atoms with E-state index in [2.05, 4.69) is 37.0 Å². The molecule has 3 aromatic rings. The van der Waals surface area contributed by atoms with Crippen molar-refractivity contribution in [2.75, 3.05) is 23.7 Å². The van der Waals surface area contributed by atoms with Crippen LogP contribution in [0.1, 0.15) is 35.4 Å². The van der Waals surface area contributed by atoms with Gasteiger partial charge in [-0.15, -0.1) is 0 Å². The summed E-state index contributed by atoms with van der Waals surface area (Å²) in [6, 6.07) is 8.10. The Labute approximate surface area is 197 Å².